The highest BCUT2D eigenvalue weighted by Crippen LogP contribution is 2.25. The Morgan fingerprint density at radius 2 is 1.67 bits per heavy atom. The van der Waals surface area contributed by atoms with Gasteiger partial charge in [-0.25, -0.2) is 8.42 Å². The number of nitrogens with zero attached hydrogens (tertiary/aromatic N) is 1. The number of carbonyl (C=O) groups excluding carboxylic acids is 1. The number of sulfonamides is 1. The molecule has 1 amide bonds. The quantitative estimate of drug-likeness (QED) is 0.429. The molecule has 0 heterocycles. The molecule has 6 nitrogen and oxygen atoms in total. The molecule has 8 heteroatoms. The highest BCUT2D eigenvalue weighted by atomic mass is 79.9. The molecule has 1 atom stereocenters. The number of ether oxygens (including phenoxy) is 1. The van der Waals surface area contributed by atoms with Crippen LogP contribution >= 0.6 is 15.9 Å². The predicted octanol–water partition coefficient (Wildman–Crippen LogP) is 4.83. The normalized spacial score (nSPS) is 12.4. The molecular formula is C25H27BrN2O4S. The largest absolute Gasteiger partial charge is 0.496 e. The van der Waals surface area contributed by atoms with Crippen molar-refractivity contribution in [3.63, 3.8) is 0 Å². The third-order valence-electron chi connectivity index (χ3n) is 5.23. The van der Waals surface area contributed by atoms with Crippen LogP contribution in [0, 0.1) is 6.92 Å². The maximum atomic E-state index is 13.4. The summed E-state index contributed by atoms with van der Waals surface area (Å²) in [5.74, 6) is 0.255. The Balaban J connectivity index is 1.84. The summed E-state index contributed by atoms with van der Waals surface area (Å²) < 4.78 is 34.3. The Labute approximate surface area is 203 Å². The van der Waals surface area contributed by atoms with E-state index < -0.39 is 15.9 Å². The average molecular weight is 531 g/mol. The Morgan fingerprint density at radius 3 is 2.30 bits per heavy atom. The molecule has 0 aromatic heterocycles. The molecule has 0 radical (unpaired) electrons. The second kappa shape index (κ2) is 11.0. The Bertz CT molecular complexity index is 1200. The van der Waals surface area contributed by atoms with Gasteiger partial charge in [-0.2, -0.15) is 4.31 Å². The highest BCUT2D eigenvalue weighted by Gasteiger charge is 2.27. The topological polar surface area (TPSA) is 75.7 Å². The van der Waals surface area contributed by atoms with E-state index in [1.54, 1.807) is 31.4 Å². The van der Waals surface area contributed by atoms with Crippen LogP contribution in [0.15, 0.2) is 82.2 Å². The lowest BCUT2D eigenvalue weighted by molar-refractivity contribution is -0.122. The predicted molar refractivity (Wildman–Crippen MR) is 132 cm³/mol. The zero-order chi connectivity index (χ0) is 24.0. The molecule has 0 aliphatic heterocycles. The molecular weight excluding hydrogens is 504 g/mol. The number of amides is 1. The first kappa shape index (κ1) is 25.0. The number of nitrogens with one attached hydrogen (secondary N) is 1. The molecule has 1 N–H and O–H groups in total. The molecule has 0 spiro atoms. The molecule has 3 aromatic rings. The Kier molecular flexibility index (Phi) is 8.29. The van der Waals surface area contributed by atoms with E-state index in [-0.39, 0.29) is 24.0 Å². The van der Waals surface area contributed by atoms with E-state index >= 15 is 0 Å². The molecule has 33 heavy (non-hydrogen) atoms. The van der Waals surface area contributed by atoms with E-state index in [4.69, 9.17) is 4.74 Å². The van der Waals surface area contributed by atoms with Crippen LogP contribution in [0.1, 0.15) is 29.7 Å². The number of aryl methyl sites for hydroxylation is 1. The lowest BCUT2D eigenvalue weighted by Gasteiger charge is -2.24. The van der Waals surface area contributed by atoms with Gasteiger partial charge in [-0.05, 0) is 49.7 Å². The number of hydrogen-bond donors (Lipinski definition) is 1. The Hall–Kier alpha value is -2.68. The summed E-state index contributed by atoms with van der Waals surface area (Å²) in [6.07, 6.45) is 0. The van der Waals surface area contributed by atoms with Gasteiger partial charge in [-0.15, -0.1) is 0 Å². The van der Waals surface area contributed by atoms with Gasteiger partial charge in [0.1, 0.15) is 5.75 Å². The molecule has 0 aliphatic rings. The second-order valence-corrected chi connectivity index (χ2v) is 10.6. The zero-order valence-corrected chi connectivity index (χ0v) is 21.2. The van der Waals surface area contributed by atoms with Gasteiger partial charge >= 0.3 is 0 Å². The van der Waals surface area contributed by atoms with Crippen molar-refractivity contribution >= 4 is 31.9 Å². The molecule has 3 rings (SSSR count). The first-order valence-electron chi connectivity index (χ1n) is 10.4. The van der Waals surface area contributed by atoms with Crippen molar-refractivity contribution in [1.29, 1.82) is 0 Å². The van der Waals surface area contributed by atoms with Gasteiger partial charge in [0.2, 0.25) is 15.9 Å². The van der Waals surface area contributed by atoms with Crippen molar-refractivity contribution in [3.8, 4) is 5.75 Å². The van der Waals surface area contributed by atoms with Crippen molar-refractivity contribution in [2.75, 3.05) is 13.7 Å². The zero-order valence-electron chi connectivity index (χ0n) is 18.8. The standard InChI is InChI=1S/C25H27BrN2O4S/c1-18-8-14-22(15-9-18)33(30,31)28(16-20-10-12-21(26)13-11-20)17-25(29)27-19(2)23-6-4-5-7-24(23)32-3/h4-15,19H,16-17H2,1-3H3,(H,27,29)/t19-/m1/s1. The van der Waals surface area contributed by atoms with Gasteiger partial charge in [0.25, 0.3) is 0 Å². The van der Waals surface area contributed by atoms with Gasteiger partial charge in [-0.3, -0.25) is 4.79 Å². The van der Waals surface area contributed by atoms with Crippen molar-refractivity contribution in [3.05, 3.63) is 94.0 Å². The third kappa shape index (κ3) is 6.43. The van der Waals surface area contributed by atoms with E-state index in [2.05, 4.69) is 21.2 Å². The number of benzene rings is 3. The summed E-state index contributed by atoms with van der Waals surface area (Å²) in [5, 5.41) is 2.90. The van der Waals surface area contributed by atoms with E-state index in [0.29, 0.717) is 5.75 Å². The molecule has 0 bridgehead atoms. The summed E-state index contributed by atoms with van der Waals surface area (Å²) in [6, 6.07) is 21.0. The van der Waals surface area contributed by atoms with Gasteiger partial charge < -0.3 is 10.1 Å². The molecule has 0 aliphatic carbocycles. The highest BCUT2D eigenvalue weighted by molar-refractivity contribution is 9.10. The van der Waals surface area contributed by atoms with E-state index in [1.807, 2.05) is 62.4 Å². The number of hydrogen-bond acceptors (Lipinski definition) is 4. The van der Waals surface area contributed by atoms with Crippen molar-refractivity contribution in [2.24, 2.45) is 0 Å². The van der Waals surface area contributed by atoms with Gasteiger partial charge in [0.05, 0.1) is 24.6 Å². The van der Waals surface area contributed by atoms with Crippen LogP contribution in [-0.2, 0) is 21.4 Å². The number of para-hydroxylation sites is 1. The lowest BCUT2D eigenvalue weighted by Crippen LogP contribution is -2.41. The van der Waals surface area contributed by atoms with E-state index in [0.717, 1.165) is 21.2 Å². The molecule has 3 aromatic carbocycles. The second-order valence-electron chi connectivity index (χ2n) is 7.74. The first-order valence-corrected chi connectivity index (χ1v) is 12.7. The van der Waals surface area contributed by atoms with Crippen LogP contribution in [0.25, 0.3) is 0 Å². The van der Waals surface area contributed by atoms with Crippen LogP contribution in [0.3, 0.4) is 0 Å². The minimum absolute atomic E-state index is 0.0694. The number of methoxy groups -OCH3 is 1. The summed E-state index contributed by atoms with van der Waals surface area (Å²) in [7, 11) is -2.33. The molecule has 174 valence electrons. The SMILES string of the molecule is COc1ccccc1[C@@H](C)NC(=O)CN(Cc1ccc(Br)cc1)S(=O)(=O)c1ccc(C)cc1. The fourth-order valence-corrected chi connectivity index (χ4v) is 5.08. The molecule has 0 unspecified atom stereocenters. The summed E-state index contributed by atoms with van der Waals surface area (Å²) >= 11 is 3.39. The minimum Gasteiger partial charge on any atom is -0.496 e. The smallest absolute Gasteiger partial charge is 0.243 e. The maximum absolute atomic E-state index is 13.4. The molecule has 0 fully saturated rings. The summed E-state index contributed by atoms with van der Waals surface area (Å²) in [6.45, 7) is 3.48. The fraction of sp³-hybridized carbons (Fsp3) is 0.240. The average Bonchev–Trinajstić information content (AvgIpc) is 2.80. The van der Waals surface area contributed by atoms with Crippen LogP contribution in [0.2, 0.25) is 0 Å². The minimum atomic E-state index is -3.90. The van der Waals surface area contributed by atoms with Gasteiger partial charge in [0.15, 0.2) is 0 Å². The van der Waals surface area contributed by atoms with Gasteiger partial charge in [-0.1, -0.05) is 64.0 Å². The number of rotatable bonds is 9. The Morgan fingerprint density at radius 1 is 1.03 bits per heavy atom. The van der Waals surface area contributed by atoms with Crippen molar-refractivity contribution in [1.82, 2.24) is 9.62 Å². The molecule has 0 saturated carbocycles. The summed E-state index contributed by atoms with van der Waals surface area (Å²) in [4.78, 5) is 13.1. The maximum Gasteiger partial charge on any atom is 0.243 e. The number of halogens is 1. The van der Waals surface area contributed by atoms with Gasteiger partial charge in [0, 0.05) is 16.6 Å². The first-order chi connectivity index (χ1) is 15.7. The summed E-state index contributed by atoms with van der Waals surface area (Å²) in [5.41, 5.74) is 2.55. The van der Waals surface area contributed by atoms with Crippen molar-refractivity contribution in [2.45, 2.75) is 31.3 Å². The molecule has 0 saturated heterocycles. The van der Waals surface area contributed by atoms with E-state index in [9.17, 15) is 13.2 Å². The van der Waals surface area contributed by atoms with Crippen molar-refractivity contribution < 1.29 is 17.9 Å². The lowest BCUT2D eigenvalue weighted by atomic mass is 10.1. The third-order valence-corrected chi connectivity index (χ3v) is 7.57. The van der Waals surface area contributed by atoms with Crippen LogP contribution in [0.5, 0.6) is 5.75 Å². The monoisotopic (exact) mass is 530 g/mol. The van der Waals surface area contributed by atoms with E-state index in [1.165, 1.54) is 4.31 Å². The van der Waals surface area contributed by atoms with Crippen LogP contribution in [0.4, 0.5) is 0 Å². The van der Waals surface area contributed by atoms with Crippen LogP contribution < -0.4 is 10.1 Å². The fourth-order valence-electron chi connectivity index (χ4n) is 3.43. The van der Waals surface area contributed by atoms with Crippen LogP contribution in [-0.4, -0.2) is 32.3 Å². The number of carbonyl (C=O) groups is 1.